The monoisotopic (exact) mass is 298 g/mol. The van der Waals surface area contributed by atoms with Gasteiger partial charge in [-0.25, -0.2) is 8.42 Å². The van der Waals surface area contributed by atoms with Crippen LogP contribution in [0.4, 0.5) is 0 Å². The molecule has 0 saturated carbocycles. The van der Waals surface area contributed by atoms with E-state index in [9.17, 15) is 8.42 Å². The lowest BCUT2D eigenvalue weighted by Crippen LogP contribution is -2.48. The van der Waals surface area contributed by atoms with Crippen LogP contribution in [0.5, 0.6) is 0 Å². The Morgan fingerprint density at radius 2 is 1.90 bits per heavy atom. The van der Waals surface area contributed by atoms with Gasteiger partial charge < -0.3 is 10.5 Å². The fourth-order valence-electron chi connectivity index (χ4n) is 2.53. The third kappa shape index (κ3) is 3.03. The predicted octanol–water partition coefficient (Wildman–Crippen LogP) is 1.25. The molecule has 0 aromatic heterocycles. The van der Waals surface area contributed by atoms with Crippen molar-refractivity contribution >= 4 is 10.0 Å². The number of ether oxygens (including phenoxy) is 1. The predicted molar refractivity (Wildman–Crippen MR) is 77.8 cm³/mol. The third-order valence-corrected chi connectivity index (χ3v) is 5.39. The first kappa shape index (κ1) is 15.4. The van der Waals surface area contributed by atoms with Gasteiger partial charge in [0.2, 0.25) is 10.0 Å². The lowest BCUT2D eigenvalue weighted by Gasteiger charge is -2.34. The summed E-state index contributed by atoms with van der Waals surface area (Å²) in [6.07, 6.45) is -0.170. The van der Waals surface area contributed by atoms with Crippen molar-refractivity contribution in [2.45, 2.75) is 44.4 Å². The van der Waals surface area contributed by atoms with Gasteiger partial charge in [0.15, 0.2) is 0 Å². The third-order valence-electron chi connectivity index (χ3n) is 3.56. The number of sulfonamides is 1. The Hall–Kier alpha value is -0.950. The van der Waals surface area contributed by atoms with Gasteiger partial charge >= 0.3 is 0 Å². The van der Waals surface area contributed by atoms with E-state index in [0.717, 1.165) is 11.1 Å². The average Bonchev–Trinajstić information content (AvgIpc) is 2.37. The number of hydrogen-bond donors (Lipinski definition) is 1. The smallest absolute Gasteiger partial charge is 0.243 e. The number of benzene rings is 1. The van der Waals surface area contributed by atoms with Crippen molar-refractivity contribution in [1.29, 1.82) is 0 Å². The maximum absolute atomic E-state index is 12.7. The number of morpholine rings is 1. The van der Waals surface area contributed by atoms with E-state index < -0.39 is 10.0 Å². The summed E-state index contributed by atoms with van der Waals surface area (Å²) in [5.41, 5.74) is 7.48. The van der Waals surface area contributed by atoms with E-state index in [1.165, 1.54) is 4.31 Å². The molecular weight excluding hydrogens is 276 g/mol. The summed E-state index contributed by atoms with van der Waals surface area (Å²) in [6.45, 7) is 6.86. The van der Waals surface area contributed by atoms with Crippen LogP contribution in [0.25, 0.3) is 0 Å². The van der Waals surface area contributed by atoms with Crippen molar-refractivity contribution in [2.75, 3.05) is 13.1 Å². The molecule has 0 aliphatic carbocycles. The molecule has 0 amide bonds. The molecule has 112 valence electrons. The molecule has 0 bridgehead atoms. The molecule has 1 saturated heterocycles. The molecule has 2 N–H and O–H groups in total. The number of nitrogens with two attached hydrogens (primary N) is 1. The summed E-state index contributed by atoms with van der Waals surface area (Å²) in [6, 6.07) is 5.12. The summed E-state index contributed by atoms with van der Waals surface area (Å²) >= 11 is 0. The molecule has 1 fully saturated rings. The largest absolute Gasteiger partial charge is 0.373 e. The highest BCUT2D eigenvalue weighted by Crippen LogP contribution is 2.23. The number of hydrogen-bond acceptors (Lipinski definition) is 4. The minimum atomic E-state index is -3.46. The minimum Gasteiger partial charge on any atom is -0.373 e. The summed E-state index contributed by atoms with van der Waals surface area (Å²) < 4.78 is 32.4. The molecule has 0 radical (unpaired) electrons. The first-order chi connectivity index (χ1) is 9.34. The van der Waals surface area contributed by atoms with Gasteiger partial charge in [-0.15, -0.1) is 0 Å². The maximum Gasteiger partial charge on any atom is 0.243 e. The number of rotatable bonds is 3. The molecule has 20 heavy (non-hydrogen) atoms. The molecular formula is C14H22N2O3S. The Balaban J connectivity index is 2.32. The van der Waals surface area contributed by atoms with Gasteiger partial charge in [-0.1, -0.05) is 6.07 Å². The Labute approximate surface area is 120 Å². The minimum absolute atomic E-state index is 0.0852. The van der Waals surface area contributed by atoms with Gasteiger partial charge in [-0.2, -0.15) is 4.31 Å². The quantitative estimate of drug-likeness (QED) is 0.911. The zero-order valence-corrected chi connectivity index (χ0v) is 13.0. The van der Waals surface area contributed by atoms with Crippen molar-refractivity contribution < 1.29 is 13.2 Å². The first-order valence-electron chi connectivity index (χ1n) is 6.79. The number of nitrogens with zero attached hydrogens (tertiary/aromatic N) is 1. The van der Waals surface area contributed by atoms with Crippen molar-refractivity contribution in [3.8, 4) is 0 Å². The molecule has 1 aliphatic rings. The fourth-order valence-corrected chi connectivity index (χ4v) is 4.21. The molecule has 6 heteroatoms. The summed E-state index contributed by atoms with van der Waals surface area (Å²) in [7, 11) is -3.46. The van der Waals surface area contributed by atoms with E-state index in [1.807, 2.05) is 20.8 Å². The molecule has 1 aliphatic heterocycles. The van der Waals surface area contributed by atoms with Crippen LogP contribution in [-0.2, 0) is 21.3 Å². The normalized spacial score (nSPS) is 24.8. The van der Waals surface area contributed by atoms with Crippen LogP contribution in [0.2, 0.25) is 0 Å². The SMILES string of the molecule is Cc1cc(S(=O)(=O)N2C[C@@H](C)O[C@@H](C)C2)ccc1CN. The fraction of sp³-hybridized carbons (Fsp3) is 0.571. The lowest BCUT2D eigenvalue weighted by atomic mass is 10.1. The molecule has 1 aromatic carbocycles. The van der Waals surface area contributed by atoms with Crippen LogP contribution in [0.3, 0.4) is 0 Å². The highest BCUT2D eigenvalue weighted by Gasteiger charge is 2.32. The van der Waals surface area contributed by atoms with E-state index in [2.05, 4.69) is 0 Å². The van der Waals surface area contributed by atoms with Crippen LogP contribution in [0, 0.1) is 6.92 Å². The zero-order chi connectivity index (χ0) is 14.9. The first-order valence-corrected chi connectivity index (χ1v) is 8.23. The lowest BCUT2D eigenvalue weighted by molar-refractivity contribution is -0.0440. The second-order valence-electron chi connectivity index (χ2n) is 5.37. The summed E-state index contributed by atoms with van der Waals surface area (Å²) in [4.78, 5) is 0.327. The molecule has 2 rings (SSSR count). The Kier molecular flexibility index (Phi) is 4.49. The Bertz CT molecular complexity index is 576. The highest BCUT2D eigenvalue weighted by molar-refractivity contribution is 7.89. The van der Waals surface area contributed by atoms with Crippen molar-refractivity contribution in [2.24, 2.45) is 5.73 Å². The van der Waals surface area contributed by atoms with Crippen LogP contribution >= 0.6 is 0 Å². The molecule has 1 heterocycles. The average molecular weight is 298 g/mol. The van der Waals surface area contributed by atoms with Crippen molar-refractivity contribution in [1.82, 2.24) is 4.31 Å². The maximum atomic E-state index is 12.7. The van der Waals surface area contributed by atoms with Crippen LogP contribution in [0.1, 0.15) is 25.0 Å². The Morgan fingerprint density at radius 3 is 2.40 bits per heavy atom. The topological polar surface area (TPSA) is 72.6 Å². The number of aryl methyl sites for hydroxylation is 1. The van der Waals surface area contributed by atoms with Gasteiger partial charge in [0, 0.05) is 19.6 Å². The van der Waals surface area contributed by atoms with Gasteiger partial charge in [0.25, 0.3) is 0 Å². The van der Waals surface area contributed by atoms with E-state index in [4.69, 9.17) is 10.5 Å². The van der Waals surface area contributed by atoms with Gasteiger partial charge in [0.05, 0.1) is 17.1 Å². The second-order valence-corrected chi connectivity index (χ2v) is 7.31. The standard InChI is InChI=1S/C14H22N2O3S/c1-10-6-14(5-4-13(10)7-15)20(17,18)16-8-11(2)19-12(3)9-16/h4-6,11-12H,7-9,15H2,1-3H3/t11-,12+. The summed E-state index contributed by atoms with van der Waals surface area (Å²) in [5, 5.41) is 0. The van der Waals surface area contributed by atoms with Gasteiger partial charge in [-0.05, 0) is 44.0 Å². The summed E-state index contributed by atoms with van der Waals surface area (Å²) in [5.74, 6) is 0. The van der Waals surface area contributed by atoms with Gasteiger partial charge in [-0.3, -0.25) is 0 Å². The van der Waals surface area contributed by atoms with Crippen molar-refractivity contribution in [3.63, 3.8) is 0 Å². The molecule has 2 atom stereocenters. The van der Waals surface area contributed by atoms with E-state index >= 15 is 0 Å². The molecule has 1 aromatic rings. The second kappa shape index (κ2) is 5.81. The molecule has 5 nitrogen and oxygen atoms in total. The van der Waals surface area contributed by atoms with E-state index in [1.54, 1.807) is 18.2 Å². The highest BCUT2D eigenvalue weighted by atomic mass is 32.2. The van der Waals surface area contributed by atoms with E-state index in [0.29, 0.717) is 24.5 Å². The molecule has 0 unspecified atom stereocenters. The van der Waals surface area contributed by atoms with Crippen LogP contribution in [-0.4, -0.2) is 38.0 Å². The Morgan fingerprint density at radius 1 is 1.30 bits per heavy atom. The molecule has 0 spiro atoms. The van der Waals surface area contributed by atoms with Crippen molar-refractivity contribution in [3.05, 3.63) is 29.3 Å². The van der Waals surface area contributed by atoms with Crippen LogP contribution < -0.4 is 5.73 Å². The van der Waals surface area contributed by atoms with E-state index in [-0.39, 0.29) is 12.2 Å². The van der Waals surface area contributed by atoms with Crippen LogP contribution in [0.15, 0.2) is 23.1 Å². The zero-order valence-electron chi connectivity index (χ0n) is 12.2. The van der Waals surface area contributed by atoms with Gasteiger partial charge in [0.1, 0.15) is 0 Å².